The fourth-order valence-corrected chi connectivity index (χ4v) is 8.91. The van der Waals surface area contributed by atoms with Gasteiger partial charge in [0.05, 0.1) is 26.4 Å². The summed E-state index contributed by atoms with van der Waals surface area (Å²) in [5.74, 6) is 0. The van der Waals surface area contributed by atoms with Crippen LogP contribution in [0.15, 0.2) is 108 Å². The number of rotatable bonds is 13. The van der Waals surface area contributed by atoms with Gasteiger partial charge in [0.1, 0.15) is 0 Å². The molecule has 202 valence electrons. The van der Waals surface area contributed by atoms with Crippen LogP contribution < -0.4 is 0 Å². The fourth-order valence-electron chi connectivity index (χ4n) is 4.57. The van der Waals surface area contributed by atoms with Gasteiger partial charge in [0.15, 0.2) is 0 Å². The highest BCUT2D eigenvalue weighted by molar-refractivity contribution is 7.28. The van der Waals surface area contributed by atoms with Crippen LogP contribution in [0.1, 0.15) is 22.3 Å². The third-order valence-electron chi connectivity index (χ3n) is 6.65. The number of ether oxygens (including phenoxy) is 2. The lowest BCUT2D eigenvalue weighted by Gasteiger charge is -2.05. The zero-order chi connectivity index (χ0) is 27.0. The lowest BCUT2D eigenvalue weighted by Crippen LogP contribution is -1.98. The molecule has 0 aliphatic heterocycles. The molecule has 4 aromatic heterocycles. The van der Waals surface area contributed by atoms with Crippen molar-refractivity contribution < 1.29 is 9.47 Å². The normalized spacial score (nSPS) is 11.3. The molecular weight excluding hydrogens is 569 g/mol. The van der Waals surface area contributed by atoms with Gasteiger partial charge in [-0.25, -0.2) is 0 Å². The Bertz CT molecular complexity index is 1490. The standard InChI is InChI=1S/C34H30O2S4/c1-3-7-25(8-4-1)23-35-19-15-27-17-21-37-33(27)31-13-11-29(39-31)30-12-14-32(40-30)34-28(18-22-38-34)16-20-36-24-26-9-5-2-6-10-26/h1-14,17-18,21-22H,15-16,19-20,23-24H2. The van der Waals surface area contributed by atoms with Gasteiger partial charge in [0.2, 0.25) is 0 Å². The second kappa shape index (κ2) is 13.7. The van der Waals surface area contributed by atoms with Crippen LogP contribution in [-0.2, 0) is 35.5 Å². The summed E-state index contributed by atoms with van der Waals surface area (Å²) in [5, 5.41) is 4.40. The van der Waals surface area contributed by atoms with Gasteiger partial charge in [0.25, 0.3) is 0 Å². The van der Waals surface area contributed by atoms with Crippen LogP contribution in [0.25, 0.3) is 29.3 Å². The van der Waals surface area contributed by atoms with Gasteiger partial charge in [-0.2, -0.15) is 0 Å². The second-order valence-corrected chi connectivity index (χ2v) is 13.5. The molecule has 0 saturated carbocycles. The van der Waals surface area contributed by atoms with Crippen LogP contribution in [-0.4, -0.2) is 13.2 Å². The maximum Gasteiger partial charge on any atom is 0.0717 e. The molecule has 2 nitrogen and oxygen atoms in total. The molecule has 0 spiro atoms. The number of thiophene rings is 4. The Morgan fingerprint density at radius 1 is 0.450 bits per heavy atom. The van der Waals surface area contributed by atoms with Crippen molar-refractivity contribution >= 4 is 45.3 Å². The summed E-state index contributed by atoms with van der Waals surface area (Å²) < 4.78 is 11.9. The van der Waals surface area contributed by atoms with Gasteiger partial charge in [-0.15, -0.1) is 45.3 Å². The predicted molar refractivity (Wildman–Crippen MR) is 174 cm³/mol. The summed E-state index contributed by atoms with van der Waals surface area (Å²) in [6, 6.07) is 34.4. The average molecular weight is 599 g/mol. The van der Waals surface area contributed by atoms with E-state index in [1.165, 1.54) is 51.5 Å². The summed E-state index contributed by atoms with van der Waals surface area (Å²) in [6.45, 7) is 2.78. The summed E-state index contributed by atoms with van der Waals surface area (Å²) in [5.41, 5.74) is 5.18. The van der Waals surface area contributed by atoms with Crippen LogP contribution in [0.4, 0.5) is 0 Å². The molecule has 6 aromatic rings. The largest absolute Gasteiger partial charge is 0.376 e. The van der Waals surface area contributed by atoms with Gasteiger partial charge in [-0.05, 0) is 82.3 Å². The second-order valence-electron chi connectivity index (χ2n) is 9.45. The van der Waals surface area contributed by atoms with Gasteiger partial charge in [-0.3, -0.25) is 0 Å². The molecule has 0 radical (unpaired) electrons. The number of benzene rings is 2. The van der Waals surface area contributed by atoms with E-state index in [4.69, 9.17) is 9.47 Å². The molecule has 0 fully saturated rings. The monoisotopic (exact) mass is 598 g/mol. The molecule has 0 N–H and O–H groups in total. The molecule has 0 bridgehead atoms. The minimum atomic E-state index is 0.664. The first kappa shape index (κ1) is 27.3. The van der Waals surface area contributed by atoms with Crippen molar-refractivity contribution in [2.75, 3.05) is 13.2 Å². The summed E-state index contributed by atoms with van der Waals surface area (Å²) in [4.78, 5) is 8.07. The Morgan fingerprint density at radius 3 is 1.32 bits per heavy atom. The molecule has 0 aliphatic rings. The molecule has 4 heterocycles. The van der Waals surface area contributed by atoms with Crippen LogP contribution >= 0.6 is 45.3 Å². The fraction of sp³-hybridized carbons (Fsp3) is 0.176. The Hall–Kier alpha value is -2.84. The lowest BCUT2D eigenvalue weighted by atomic mass is 10.2. The SMILES string of the molecule is c1ccc(COCCc2ccsc2-c2ccc(-c3ccc(-c4sccc4CCOCc4ccccc4)s3)s2)cc1. The van der Waals surface area contributed by atoms with Crippen LogP contribution in [0.2, 0.25) is 0 Å². The highest BCUT2D eigenvalue weighted by Gasteiger charge is 2.14. The summed E-state index contributed by atoms with van der Waals surface area (Å²) in [7, 11) is 0. The van der Waals surface area contributed by atoms with E-state index < -0.39 is 0 Å². The summed E-state index contributed by atoms with van der Waals surface area (Å²) in [6.07, 6.45) is 1.86. The number of hydrogen-bond acceptors (Lipinski definition) is 6. The quantitative estimate of drug-likeness (QED) is 0.123. The van der Waals surface area contributed by atoms with E-state index in [-0.39, 0.29) is 0 Å². The van der Waals surface area contributed by atoms with Gasteiger partial charge in [0, 0.05) is 29.3 Å². The van der Waals surface area contributed by atoms with Crippen molar-refractivity contribution in [3.05, 3.63) is 130 Å². The first-order chi connectivity index (χ1) is 19.8. The van der Waals surface area contributed by atoms with Crippen molar-refractivity contribution in [2.45, 2.75) is 26.1 Å². The van der Waals surface area contributed by atoms with Crippen molar-refractivity contribution in [1.82, 2.24) is 0 Å². The topological polar surface area (TPSA) is 18.5 Å². The van der Waals surface area contributed by atoms with E-state index in [2.05, 4.69) is 95.7 Å². The molecular formula is C34H30O2S4. The zero-order valence-corrected chi connectivity index (χ0v) is 25.4. The van der Waals surface area contributed by atoms with E-state index in [0.717, 1.165) is 26.1 Å². The third-order valence-corrected chi connectivity index (χ3v) is 11.3. The minimum Gasteiger partial charge on any atom is -0.376 e. The first-order valence-corrected chi connectivity index (χ1v) is 16.8. The Balaban J connectivity index is 1.06. The molecule has 0 unspecified atom stereocenters. The van der Waals surface area contributed by atoms with Crippen LogP contribution in [0.3, 0.4) is 0 Å². The van der Waals surface area contributed by atoms with Gasteiger partial charge >= 0.3 is 0 Å². The molecule has 40 heavy (non-hydrogen) atoms. The maximum absolute atomic E-state index is 5.96. The third kappa shape index (κ3) is 6.89. The smallest absolute Gasteiger partial charge is 0.0717 e. The van der Waals surface area contributed by atoms with Gasteiger partial charge < -0.3 is 9.47 Å². The Labute approximate surface area is 252 Å². The lowest BCUT2D eigenvalue weighted by molar-refractivity contribution is 0.124. The Morgan fingerprint density at radius 2 is 0.875 bits per heavy atom. The maximum atomic E-state index is 5.96. The van der Waals surface area contributed by atoms with Crippen molar-refractivity contribution in [3.63, 3.8) is 0 Å². The van der Waals surface area contributed by atoms with E-state index in [1.807, 2.05) is 57.5 Å². The average Bonchev–Trinajstić information content (AvgIpc) is 3.81. The highest BCUT2D eigenvalue weighted by Crippen LogP contribution is 2.44. The Kier molecular flexibility index (Phi) is 9.35. The van der Waals surface area contributed by atoms with E-state index in [9.17, 15) is 0 Å². The highest BCUT2D eigenvalue weighted by atomic mass is 32.1. The molecule has 0 atom stereocenters. The minimum absolute atomic E-state index is 0.664. The van der Waals surface area contributed by atoms with Crippen molar-refractivity contribution in [2.24, 2.45) is 0 Å². The van der Waals surface area contributed by atoms with Crippen LogP contribution in [0.5, 0.6) is 0 Å². The van der Waals surface area contributed by atoms with E-state index in [1.54, 1.807) is 0 Å². The van der Waals surface area contributed by atoms with E-state index >= 15 is 0 Å². The molecule has 2 aromatic carbocycles. The molecule has 6 rings (SSSR count). The van der Waals surface area contributed by atoms with Crippen molar-refractivity contribution in [3.8, 4) is 29.3 Å². The van der Waals surface area contributed by atoms with Crippen molar-refractivity contribution in [1.29, 1.82) is 0 Å². The first-order valence-electron chi connectivity index (χ1n) is 13.4. The zero-order valence-electron chi connectivity index (χ0n) is 22.1. The van der Waals surface area contributed by atoms with Gasteiger partial charge in [-0.1, -0.05) is 60.7 Å². The molecule has 6 heteroatoms. The summed E-state index contributed by atoms with van der Waals surface area (Å²) >= 11 is 7.43. The van der Waals surface area contributed by atoms with E-state index in [0.29, 0.717) is 13.2 Å². The molecule has 0 aliphatic carbocycles. The predicted octanol–water partition coefficient (Wildman–Crippen LogP) is 10.5. The molecule has 0 amide bonds. The van der Waals surface area contributed by atoms with Crippen LogP contribution in [0, 0.1) is 0 Å². The molecule has 0 saturated heterocycles. The number of hydrogen-bond donors (Lipinski definition) is 0.